The first-order valence-corrected chi connectivity index (χ1v) is 7.14. The van der Waals surface area contributed by atoms with Gasteiger partial charge in [-0.2, -0.15) is 0 Å². The molecule has 0 N–H and O–H groups in total. The predicted octanol–water partition coefficient (Wildman–Crippen LogP) is 5.25. The smallest absolute Gasteiger partial charge is 0.0701 e. The molecule has 0 bridgehead atoms. The molecule has 0 fully saturated rings. The predicted molar refractivity (Wildman–Crippen MR) is 78.8 cm³/mol. The van der Waals surface area contributed by atoms with Gasteiger partial charge in [0.05, 0.1) is 3.79 Å². The molecule has 0 nitrogen and oxygen atoms in total. The summed E-state index contributed by atoms with van der Waals surface area (Å²) in [6.07, 6.45) is 1.01. The molecule has 1 heterocycles. The van der Waals surface area contributed by atoms with Crippen LogP contribution >= 0.6 is 27.3 Å². The average molecular weight is 303 g/mol. The Kier molecular flexibility index (Phi) is 3.00. The van der Waals surface area contributed by atoms with E-state index in [1.165, 1.54) is 25.0 Å². The first kappa shape index (κ1) is 11.0. The Morgan fingerprint density at radius 2 is 1.71 bits per heavy atom. The largest absolute Gasteiger partial charge is 0.133 e. The maximum Gasteiger partial charge on any atom is 0.0701 e. The second kappa shape index (κ2) is 4.63. The van der Waals surface area contributed by atoms with Gasteiger partial charge in [0, 0.05) is 11.3 Å². The fraction of sp³-hybridized carbons (Fsp3) is 0.0667. The molecular formula is C15H11BrS. The van der Waals surface area contributed by atoms with Crippen molar-refractivity contribution in [3.63, 3.8) is 0 Å². The van der Waals surface area contributed by atoms with E-state index in [1.807, 2.05) is 0 Å². The molecular weight excluding hydrogens is 292 g/mol. The second-order valence-corrected chi connectivity index (χ2v) is 6.61. The van der Waals surface area contributed by atoms with E-state index in [0.29, 0.717) is 0 Å². The monoisotopic (exact) mass is 302 g/mol. The van der Waals surface area contributed by atoms with Crippen molar-refractivity contribution in [1.29, 1.82) is 0 Å². The highest BCUT2D eigenvalue weighted by Crippen LogP contribution is 2.25. The number of rotatable bonds is 2. The van der Waals surface area contributed by atoms with Crippen molar-refractivity contribution < 1.29 is 0 Å². The van der Waals surface area contributed by atoms with Gasteiger partial charge in [-0.05, 0) is 44.4 Å². The van der Waals surface area contributed by atoms with Crippen LogP contribution in [-0.2, 0) is 6.42 Å². The summed E-state index contributed by atoms with van der Waals surface area (Å²) in [5, 5.41) is 2.63. The highest BCUT2D eigenvalue weighted by molar-refractivity contribution is 9.11. The van der Waals surface area contributed by atoms with E-state index < -0.39 is 0 Å². The van der Waals surface area contributed by atoms with Crippen LogP contribution in [0.15, 0.2) is 58.4 Å². The van der Waals surface area contributed by atoms with E-state index in [-0.39, 0.29) is 0 Å². The van der Waals surface area contributed by atoms with Crippen LogP contribution < -0.4 is 0 Å². The molecule has 3 aromatic rings. The van der Waals surface area contributed by atoms with Crippen LogP contribution in [0.1, 0.15) is 10.4 Å². The molecule has 0 aliphatic rings. The molecule has 2 aromatic carbocycles. The molecule has 0 aliphatic heterocycles. The summed E-state index contributed by atoms with van der Waals surface area (Å²) in [7, 11) is 0. The van der Waals surface area contributed by atoms with Gasteiger partial charge in [0.25, 0.3) is 0 Å². The van der Waals surface area contributed by atoms with Gasteiger partial charge in [-0.25, -0.2) is 0 Å². The Labute approximate surface area is 113 Å². The highest BCUT2D eigenvalue weighted by Gasteiger charge is 2.01. The second-order valence-electron chi connectivity index (χ2n) is 4.06. The third kappa shape index (κ3) is 2.43. The van der Waals surface area contributed by atoms with Crippen LogP contribution in [0.2, 0.25) is 0 Å². The zero-order valence-corrected chi connectivity index (χ0v) is 11.6. The lowest BCUT2D eigenvalue weighted by Crippen LogP contribution is -1.84. The van der Waals surface area contributed by atoms with Gasteiger partial charge in [0.1, 0.15) is 0 Å². The zero-order chi connectivity index (χ0) is 11.7. The Bertz CT molecular complexity index is 655. The van der Waals surface area contributed by atoms with Crippen molar-refractivity contribution in [3.8, 4) is 0 Å². The molecule has 0 radical (unpaired) electrons. The molecule has 2 heteroatoms. The fourth-order valence-corrected chi connectivity index (χ4v) is 3.51. The van der Waals surface area contributed by atoms with Crippen molar-refractivity contribution in [2.75, 3.05) is 0 Å². The van der Waals surface area contributed by atoms with E-state index in [0.717, 1.165) is 6.42 Å². The van der Waals surface area contributed by atoms with Crippen LogP contribution in [0.25, 0.3) is 10.8 Å². The van der Waals surface area contributed by atoms with E-state index >= 15 is 0 Å². The summed E-state index contributed by atoms with van der Waals surface area (Å²) >= 11 is 5.31. The maximum atomic E-state index is 3.50. The summed E-state index contributed by atoms with van der Waals surface area (Å²) in [5.74, 6) is 0. The molecule has 0 spiro atoms. The Balaban J connectivity index is 1.95. The molecule has 3 rings (SSSR count). The molecule has 1 aromatic heterocycles. The van der Waals surface area contributed by atoms with Gasteiger partial charge in [0.15, 0.2) is 0 Å². The van der Waals surface area contributed by atoms with Crippen LogP contribution in [0, 0.1) is 0 Å². The van der Waals surface area contributed by atoms with E-state index in [1.54, 1.807) is 11.3 Å². The van der Waals surface area contributed by atoms with E-state index in [4.69, 9.17) is 0 Å². The Morgan fingerprint density at radius 3 is 2.47 bits per heavy atom. The van der Waals surface area contributed by atoms with Crippen molar-refractivity contribution in [2.24, 2.45) is 0 Å². The molecule has 0 aliphatic carbocycles. The Hall–Kier alpha value is -1.12. The van der Waals surface area contributed by atoms with Gasteiger partial charge >= 0.3 is 0 Å². The number of hydrogen-bond donors (Lipinski definition) is 0. The van der Waals surface area contributed by atoms with Crippen molar-refractivity contribution in [2.45, 2.75) is 6.42 Å². The van der Waals surface area contributed by atoms with Crippen LogP contribution in [-0.4, -0.2) is 0 Å². The van der Waals surface area contributed by atoms with Gasteiger partial charge in [-0.15, -0.1) is 11.3 Å². The summed E-state index contributed by atoms with van der Waals surface area (Å²) in [6.45, 7) is 0. The molecule has 0 unspecified atom stereocenters. The summed E-state index contributed by atoms with van der Waals surface area (Å²) in [5.41, 5.74) is 1.37. The lowest BCUT2D eigenvalue weighted by molar-refractivity contribution is 1.25. The minimum absolute atomic E-state index is 1.01. The topological polar surface area (TPSA) is 0 Å². The lowest BCUT2D eigenvalue weighted by atomic mass is 10.0. The standard InChI is InChI=1S/C15H11BrS/c16-15-8-7-14(17-15)10-11-5-6-12-3-1-2-4-13(12)9-11/h1-9H,10H2. The van der Waals surface area contributed by atoms with E-state index in [9.17, 15) is 0 Å². The summed E-state index contributed by atoms with van der Waals surface area (Å²) < 4.78 is 1.20. The fourth-order valence-electron chi connectivity index (χ4n) is 2.00. The summed E-state index contributed by atoms with van der Waals surface area (Å²) in [4.78, 5) is 1.40. The van der Waals surface area contributed by atoms with Gasteiger partial charge in [-0.1, -0.05) is 42.5 Å². The molecule has 0 amide bonds. The SMILES string of the molecule is Brc1ccc(Cc2ccc3ccccc3c2)s1. The molecule has 17 heavy (non-hydrogen) atoms. The zero-order valence-electron chi connectivity index (χ0n) is 9.19. The van der Waals surface area contributed by atoms with E-state index in [2.05, 4.69) is 70.5 Å². The third-order valence-electron chi connectivity index (χ3n) is 2.82. The normalized spacial score (nSPS) is 10.9. The number of fused-ring (bicyclic) bond motifs is 1. The molecule has 0 atom stereocenters. The van der Waals surface area contributed by atoms with Crippen LogP contribution in [0.3, 0.4) is 0 Å². The summed E-state index contributed by atoms with van der Waals surface area (Å²) in [6, 6.07) is 19.5. The first-order chi connectivity index (χ1) is 8.31. The van der Waals surface area contributed by atoms with Crippen molar-refractivity contribution in [3.05, 3.63) is 68.8 Å². The van der Waals surface area contributed by atoms with Gasteiger partial charge < -0.3 is 0 Å². The quantitative estimate of drug-likeness (QED) is 0.606. The minimum atomic E-state index is 1.01. The first-order valence-electron chi connectivity index (χ1n) is 5.53. The molecule has 0 saturated carbocycles. The number of thiophene rings is 1. The Morgan fingerprint density at radius 1 is 0.882 bits per heavy atom. The van der Waals surface area contributed by atoms with Crippen LogP contribution in [0.5, 0.6) is 0 Å². The molecule has 0 saturated heterocycles. The van der Waals surface area contributed by atoms with Crippen molar-refractivity contribution >= 4 is 38.0 Å². The number of benzene rings is 2. The number of hydrogen-bond acceptors (Lipinski definition) is 1. The minimum Gasteiger partial charge on any atom is -0.133 e. The van der Waals surface area contributed by atoms with Crippen LogP contribution in [0.4, 0.5) is 0 Å². The number of halogens is 1. The van der Waals surface area contributed by atoms with Crippen molar-refractivity contribution in [1.82, 2.24) is 0 Å². The van der Waals surface area contributed by atoms with Gasteiger partial charge in [-0.3, -0.25) is 0 Å². The third-order valence-corrected chi connectivity index (χ3v) is 4.44. The molecule has 84 valence electrons. The highest BCUT2D eigenvalue weighted by atomic mass is 79.9. The van der Waals surface area contributed by atoms with Gasteiger partial charge in [0.2, 0.25) is 0 Å². The lowest BCUT2D eigenvalue weighted by Gasteiger charge is -2.02. The average Bonchev–Trinajstić information content (AvgIpc) is 2.75. The maximum absolute atomic E-state index is 3.50.